The van der Waals surface area contributed by atoms with Crippen LogP contribution in [0, 0.1) is 0 Å². The number of carbonyl (C=O) groups is 2. The molecule has 7 heteroatoms. The normalized spacial score (nSPS) is 20.6. The topological polar surface area (TPSA) is 86.2 Å². The lowest BCUT2D eigenvalue weighted by atomic mass is 9.80. The summed E-state index contributed by atoms with van der Waals surface area (Å²) in [5.74, 6) is -0.774. The zero-order valence-corrected chi connectivity index (χ0v) is 15.9. The maximum absolute atomic E-state index is 12.5. The molecule has 1 aliphatic rings. The van der Waals surface area contributed by atoms with E-state index >= 15 is 0 Å². The van der Waals surface area contributed by atoms with Crippen LogP contribution in [0.1, 0.15) is 45.6 Å². The zero-order valence-electron chi connectivity index (χ0n) is 15.9. The zero-order chi connectivity index (χ0) is 19.4. The Labute approximate surface area is 153 Å². The molecule has 26 heavy (non-hydrogen) atoms. The second kappa shape index (κ2) is 7.76. The highest BCUT2D eigenvalue weighted by Crippen LogP contribution is 2.39. The maximum Gasteiger partial charge on any atom is 0.407 e. The van der Waals surface area contributed by atoms with Gasteiger partial charge in [-0.25, -0.2) is 9.59 Å². The van der Waals surface area contributed by atoms with Gasteiger partial charge in [0, 0.05) is 12.3 Å². The van der Waals surface area contributed by atoms with Gasteiger partial charge in [-0.2, -0.15) is 0 Å². The number of carbonyl (C=O) groups excluding carboxylic acids is 2. The van der Waals surface area contributed by atoms with Gasteiger partial charge in [0.2, 0.25) is 5.60 Å². The van der Waals surface area contributed by atoms with Gasteiger partial charge in [0.1, 0.15) is 5.60 Å². The molecular formula is C19H26N2O5. The number of nitrogens with zero attached hydrogens (tertiary/aromatic N) is 1. The van der Waals surface area contributed by atoms with Crippen LogP contribution in [-0.2, 0) is 19.1 Å². The van der Waals surface area contributed by atoms with Gasteiger partial charge in [0.15, 0.2) is 0 Å². The van der Waals surface area contributed by atoms with Crippen LogP contribution >= 0.6 is 0 Å². The van der Waals surface area contributed by atoms with E-state index in [0.29, 0.717) is 5.71 Å². The molecule has 1 amide bonds. The van der Waals surface area contributed by atoms with E-state index < -0.39 is 23.3 Å². The molecule has 0 saturated heterocycles. The average Bonchev–Trinajstić information content (AvgIpc) is 3.03. The van der Waals surface area contributed by atoms with E-state index in [0.717, 1.165) is 5.56 Å². The first kappa shape index (κ1) is 19.8. The van der Waals surface area contributed by atoms with Crippen molar-refractivity contribution in [3.8, 4) is 0 Å². The molecule has 2 rings (SSSR count). The monoisotopic (exact) mass is 362 g/mol. The van der Waals surface area contributed by atoms with E-state index in [1.165, 1.54) is 7.11 Å². The summed E-state index contributed by atoms with van der Waals surface area (Å²) in [6.07, 6.45) is -0.321. The molecule has 0 saturated carbocycles. The Balaban J connectivity index is 2.07. The van der Waals surface area contributed by atoms with Crippen molar-refractivity contribution in [2.45, 2.75) is 51.2 Å². The lowest BCUT2D eigenvalue weighted by Gasteiger charge is -2.30. The Morgan fingerprint density at radius 3 is 2.54 bits per heavy atom. The van der Waals surface area contributed by atoms with Gasteiger partial charge >= 0.3 is 12.1 Å². The molecule has 1 N–H and O–H groups in total. The minimum Gasteiger partial charge on any atom is -0.466 e. The number of alkyl carbamates (subject to hydrolysis) is 1. The van der Waals surface area contributed by atoms with Crippen LogP contribution in [0.15, 0.2) is 35.5 Å². The number of benzene rings is 1. The van der Waals surface area contributed by atoms with E-state index in [1.54, 1.807) is 20.8 Å². The van der Waals surface area contributed by atoms with Crippen molar-refractivity contribution in [2.24, 2.45) is 5.16 Å². The van der Waals surface area contributed by atoms with Gasteiger partial charge in [-0.1, -0.05) is 42.4 Å². The van der Waals surface area contributed by atoms with Crippen molar-refractivity contribution < 1.29 is 23.9 Å². The van der Waals surface area contributed by atoms with Crippen LogP contribution in [-0.4, -0.2) is 42.6 Å². The number of hydrogen-bond acceptors (Lipinski definition) is 6. The molecule has 142 valence electrons. The van der Waals surface area contributed by atoms with E-state index in [1.807, 2.05) is 37.3 Å². The minimum absolute atomic E-state index is 0.134. The highest BCUT2D eigenvalue weighted by molar-refractivity contribution is 5.96. The summed E-state index contributed by atoms with van der Waals surface area (Å²) in [6, 6.07) is 9.56. The Kier molecular flexibility index (Phi) is 5.90. The molecule has 0 radical (unpaired) electrons. The highest BCUT2D eigenvalue weighted by atomic mass is 16.7. The van der Waals surface area contributed by atoms with Gasteiger partial charge < -0.3 is 19.6 Å². The van der Waals surface area contributed by atoms with Crippen molar-refractivity contribution in [2.75, 3.05) is 13.7 Å². The van der Waals surface area contributed by atoms with Gasteiger partial charge in [-0.05, 0) is 26.3 Å². The van der Waals surface area contributed by atoms with Crippen LogP contribution in [0.5, 0.6) is 0 Å². The van der Waals surface area contributed by atoms with Crippen LogP contribution in [0.2, 0.25) is 0 Å². The Hall–Kier alpha value is -2.57. The molecule has 0 bridgehead atoms. The summed E-state index contributed by atoms with van der Waals surface area (Å²) in [4.78, 5) is 29.9. The van der Waals surface area contributed by atoms with Gasteiger partial charge in [-0.3, -0.25) is 0 Å². The Bertz CT molecular complexity index is 681. The SMILES string of the molecule is COC(=O)C1(C(C)c2ccccc2)CC(CNC(=O)OC(C)(C)C)=NO1. The molecule has 1 aliphatic heterocycles. The number of rotatable bonds is 5. The smallest absolute Gasteiger partial charge is 0.407 e. The summed E-state index contributed by atoms with van der Waals surface area (Å²) < 4.78 is 10.2. The largest absolute Gasteiger partial charge is 0.466 e. The third kappa shape index (κ3) is 4.53. The molecule has 2 atom stereocenters. The summed E-state index contributed by atoms with van der Waals surface area (Å²) in [5.41, 5.74) is -0.352. The van der Waals surface area contributed by atoms with Crippen molar-refractivity contribution in [1.29, 1.82) is 0 Å². The van der Waals surface area contributed by atoms with Crippen LogP contribution in [0.25, 0.3) is 0 Å². The first-order valence-corrected chi connectivity index (χ1v) is 8.52. The lowest BCUT2D eigenvalue weighted by molar-refractivity contribution is -0.169. The number of ether oxygens (including phenoxy) is 2. The van der Waals surface area contributed by atoms with Crippen LogP contribution in [0.3, 0.4) is 0 Å². The maximum atomic E-state index is 12.5. The number of nitrogens with one attached hydrogen (secondary N) is 1. The van der Waals surface area contributed by atoms with Crippen LogP contribution < -0.4 is 5.32 Å². The van der Waals surface area contributed by atoms with Crippen LogP contribution in [0.4, 0.5) is 4.79 Å². The lowest BCUT2D eigenvalue weighted by Crippen LogP contribution is -2.45. The average molecular weight is 362 g/mol. The number of amides is 1. The molecule has 0 spiro atoms. The first-order chi connectivity index (χ1) is 12.2. The molecule has 0 fully saturated rings. The molecular weight excluding hydrogens is 336 g/mol. The molecule has 1 aromatic carbocycles. The molecule has 1 aromatic rings. The fourth-order valence-corrected chi connectivity index (χ4v) is 2.80. The molecule has 2 unspecified atom stereocenters. The number of methoxy groups -OCH3 is 1. The van der Waals surface area contributed by atoms with Gasteiger partial charge in [0.25, 0.3) is 0 Å². The van der Waals surface area contributed by atoms with Gasteiger partial charge in [0.05, 0.1) is 19.4 Å². The molecule has 0 aliphatic carbocycles. The fraction of sp³-hybridized carbons (Fsp3) is 0.526. The quantitative estimate of drug-likeness (QED) is 0.814. The number of esters is 1. The van der Waals surface area contributed by atoms with Crippen molar-refractivity contribution in [3.05, 3.63) is 35.9 Å². The summed E-state index contributed by atoms with van der Waals surface area (Å²) in [6.45, 7) is 7.38. The van der Waals surface area contributed by atoms with Crippen molar-refractivity contribution in [1.82, 2.24) is 5.32 Å². The van der Waals surface area contributed by atoms with E-state index in [4.69, 9.17) is 14.3 Å². The van der Waals surface area contributed by atoms with E-state index in [2.05, 4.69) is 10.5 Å². The number of oxime groups is 1. The van der Waals surface area contributed by atoms with E-state index in [-0.39, 0.29) is 18.9 Å². The Morgan fingerprint density at radius 2 is 1.96 bits per heavy atom. The molecule has 1 heterocycles. The van der Waals surface area contributed by atoms with Crippen molar-refractivity contribution >= 4 is 17.8 Å². The standard InChI is InChI=1S/C19H26N2O5/c1-13(14-9-7-6-8-10-14)19(16(22)24-5)11-15(21-26-19)12-20-17(23)25-18(2,3)4/h6-10,13H,11-12H2,1-5H3,(H,20,23). The summed E-state index contributed by atoms with van der Waals surface area (Å²) >= 11 is 0. The van der Waals surface area contributed by atoms with E-state index in [9.17, 15) is 9.59 Å². The Morgan fingerprint density at radius 1 is 1.31 bits per heavy atom. The molecule has 0 aromatic heterocycles. The number of hydrogen-bond donors (Lipinski definition) is 1. The van der Waals surface area contributed by atoms with Gasteiger partial charge in [-0.15, -0.1) is 0 Å². The second-order valence-corrected chi connectivity index (χ2v) is 7.29. The third-order valence-corrected chi connectivity index (χ3v) is 4.17. The highest BCUT2D eigenvalue weighted by Gasteiger charge is 2.52. The predicted molar refractivity (Wildman–Crippen MR) is 97.0 cm³/mol. The first-order valence-electron chi connectivity index (χ1n) is 8.52. The summed E-state index contributed by atoms with van der Waals surface area (Å²) in [7, 11) is 1.32. The molecule has 7 nitrogen and oxygen atoms in total. The second-order valence-electron chi connectivity index (χ2n) is 7.29. The van der Waals surface area contributed by atoms with Crippen molar-refractivity contribution in [3.63, 3.8) is 0 Å². The predicted octanol–water partition coefficient (Wildman–Crippen LogP) is 3.00. The minimum atomic E-state index is -1.25. The third-order valence-electron chi connectivity index (χ3n) is 4.17. The summed E-state index contributed by atoms with van der Waals surface area (Å²) in [5, 5.41) is 6.65. The fourth-order valence-electron chi connectivity index (χ4n) is 2.80.